The fourth-order valence-electron chi connectivity index (χ4n) is 2.71. The van der Waals surface area contributed by atoms with Crippen molar-refractivity contribution in [2.75, 3.05) is 0 Å². The van der Waals surface area contributed by atoms with Crippen molar-refractivity contribution in [2.24, 2.45) is 21.1 Å². The third-order valence-electron chi connectivity index (χ3n) is 4.14. The van der Waals surface area contributed by atoms with E-state index in [-0.39, 0.29) is 21.9 Å². The molecule has 9 nitrogen and oxygen atoms in total. The van der Waals surface area contributed by atoms with Crippen LogP contribution in [0.25, 0.3) is 11.2 Å². The van der Waals surface area contributed by atoms with Crippen LogP contribution in [0.3, 0.4) is 0 Å². The number of ether oxygens (including phenoxy) is 1. The second-order valence-corrected chi connectivity index (χ2v) is 6.15. The van der Waals surface area contributed by atoms with E-state index < -0.39 is 23.3 Å². The number of nitrogens with zero attached hydrogens (tertiary/aromatic N) is 5. The van der Waals surface area contributed by atoms with Gasteiger partial charge in [0.2, 0.25) is 0 Å². The molecule has 26 heavy (non-hydrogen) atoms. The standard InChI is InChI=1S/C16H16ClN5O4/c1-8(26-15(24)9-6-5-7-18-11(9)17)12-19-13-10(20(12)2)14(23)22(4)16(25)21(13)3/h5-8H,1-4H3. The van der Waals surface area contributed by atoms with Crippen LogP contribution in [-0.2, 0) is 25.9 Å². The quantitative estimate of drug-likeness (QED) is 0.497. The van der Waals surface area contributed by atoms with E-state index in [0.29, 0.717) is 5.82 Å². The Labute approximate surface area is 152 Å². The lowest BCUT2D eigenvalue weighted by Crippen LogP contribution is -2.37. The second kappa shape index (κ2) is 6.41. The van der Waals surface area contributed by atoms with Gasteiger partial charge in [-0.15, -0.1) is 0 Å². The molecule has 3 aromatic heterocycles. The molecule has 0 saturated heterocycles. The van der Waals surface area contributed by atoms with Crippen molar-refractivity contribution in [1.29, 1.82) is 0 Å². The maximum absolute atomic E-state index is 12.4. The molecule has 3 aromatic rings. The van der Waals surface area contributed by atoms with Crippen molar-refractivity contribution >= 4 is 28.7 Å². The first-order valence-corrected chi connectivity index (χ1v) is 8.05. The Hall–Kier alpha value is -2.94. The number of halogens is 1. The molecule has 3 heterocycles. The molecule has 3 rings (SSSR count). The Kier molecular flexibility index (Phi) is 4.41. The molecule has 0 N–H and O–H groups in total. The molecule has 0 aliphatic carbocycles. The smallest absolute Gasteiger partial charge is 0.341 e. The minimum Gasteiger partial charge on any atom is -0.451 e. The van der Waals surface area contributed by atoms with Crippen molar-refractivity contribution in [3.05, 3.63) is 55.7 Å². The van der Waals surface area contributed by atoms with Crippen LogP contribution in [0.1, 0.15) is 29.2 Å². The number of aromatic nitrogens is 5. The number of rotatable bonds is 3. The van der Waals surface area contributed by atoms with Crippen LogP contribution in [0.15, 0.2) is 27.9 Å². The van der Waals surface area contributed by atoms with Crippen LogP contribution in [-0.4, -0.2) is 29.6 Å². The van der Waals surface area contributed by atoms with Crippen molar-refractivity contribution in [2.45, 2.75) is 13.0 Å². The normalized spacial score (nSPS) is 12.3. The van der Waals surface area contributed by atoms with Crippen LogP contribution in [0.2, 0.25) is 5.15 Å². The van der Waals surface area contributed by atoms with Crippen molar-refractivity contribution in [3.63, 3.8) is 0 Å². The number of hydrogen-bond donors (Lipinski definition) is 0. The molecule has 0 radical (unpaired) electrons. The average Bonchev–Trinajstić information content (AvgIpc) is 2.96. The summed E-state index contributed by atoms with van der Waals surface area (Å²) in [6.07, 6.45) is 0.681. The van der Waals surface area contributed by atoms with E-state index in [1.165, 1.54) is 35.5 Å². The Bertz CT molecular complexity index is 1140. The summed E-state index contributed by atoms with van der Waals surface area (Å²) in [6, 6.07) is 3.07. The van der Waals surface area contributed by atoms with Gasteiger partial charge in [0, 0.05) is 27.3 Å². The fourth-order valence-corrected chi connectivity index (χ4v) is 2.91. The lowest BCUT2D eigenvalue weighted by molar-refractivity contribution is 0.0315. The van der Waals surface area contributed by atoms with E-state index in [4.69, 9.17) is 16.3 Å². The van der Waals surface area contributed by atoms with Gasteiger partial charge in [0.15, 0.2) is 23.1 Å². The highest BCUT2D eigenvalue weighted by atomic mass is 35.5. The summed E-state index contributed by atoms with van der Waals surface area (Å²) in [4.78, 5) is 44.9. The first kappa shape index (κ1) is 17.9. The van der Waals surface area contributed by atoms with Crippen molar-refractivity contribution in [1.82, 2.24) is 23.7 Å². The SMILES string of the molecule is CC(OC(=O)c1cccnc1Cl)c1nc2c(c(=O)n(C)c(=O)n2C)n1C. The molecule has 0 aliphatic rings. The molecule has 0 fully saturated rings. The Morgan fingerprint density at radius 2 is 1.88 bits per heavy atom. The highest BCUT2D eigenvalue weighted by Gasteiger charge is 2.24. The van der Waals surface area contributed by atoms with E-state index in [1.54, 1.807) is 20.0 Å². The highest BCUT2D eigenvalue weighted by Crippen LogP contribution is 2.22. The van der Waals surface area contributed by atoms with E-state index in [1.807, 2.05) is 0 Å². The summed E-state index contributed by atoms with van der Waals surface area (Å²) < 4.78 is 9.20. The van der Waals surface area contributed by atoms with E-state index in [0.717, 1.165) is 4.57 Å². The minimum atomic E-state index is -0.781. The van der Waals surface area contributed by atoms with Crippen LogP contribution in [0, 0.1) is 0 Å². The van der Waals surface area contributed by atoms with Crippen molar-refractivity contribution < 1.29 is 9.53 Å². The van der Waals surface area contributed by atoms with Gasteiger partial charge in [0.25, 0.3) is 5.56 Å². The summed E-state index contributed by atoms with van der Waals surface area (Å²) >= 11 is 5.91. The molecule has 0 spiro atoms. The molecule has 0 bridgehead atoms. The molecular formula is C16H16ClN5O4. The molecule has 1 unspecified atom stereocenters. The molecule has 1 atom stereocenters. The van der Waals surface area contributed by atoms with E-state index in [9.17, 15) is 14.4 Å². The number of carbonyl (C=O) groups is 1. The van der Waals surface area contributed by atoms with Gasteiger partial charge in [-0.05, 0) is 19.1 Å². The lowest BCUT2D eigenvalue weighted by Gasteiger charge is -2.13. The topological polar surface area (TPSA) is 101 Å². The highest BCUT2D eigenvalue weighted by molar-refractivity contribution is 6.32. The van der Waals surface area contributed by atoms with Gasteiger partial charge in [-0.1, -0.05) is 11.6 Å². The predicted octanol–water partition coefficient (Wildman–Crippen LogP) is 0.937. The van der Waals surface area contributed by atoms with Crippen LogP contribution < -0.4 is 11.2 Å². The molecule has 0 amide bonds. The maximum Gasteiger partial charge on any atom is 0.341 e. The van der Waals surface area contributed by atoms with E-state index >= 15 is 0 Å². The first-order valence-electron chi connectivity index (χ1n) is 7.67. The molecule has 136 valence electrons. The molecular weight excluding hydrogens is 362 g/mol. The summed E-state index contributed by atoms with van der Waals surface area (Å²) in [5.74, 6) is -0.337. The Balaban J connectivity index is 2.05. The zero-order valence-electron chi connectivity index (χ0n) is 14.6. The van der Waals surface area contributed by atoms with Gasteiger partial charge in [-0.25, -0.2) is 19.6 Å². The number of aryl methyl sites for hydroxylation is 2. The summed E-state index contributed by atoms with van der Waals surface area (Å²) in [5, 5.41) is 0.0333. The van der Waals surface area contributed by atoms with E-state index in [2.05, 4.69) is 9.97 Å². The zero-order chi connectivity index (χ0) is 19.2. The van der Waals surface area contributed by atoms with Gasteiger partial charge in [0.1, 0.15) is 5.15 Å². The van der Waals surface area contributed by atoms with Crippen LogP contribution in [0.5, 0.6) is 0 Å². The number of carbonyl (C=O) groups excluding carboxylic acids is 1. The van der Waals surface area contributed by atoms with Gasteiger partial charge in [0.05, 0.1) is 5.56 Å². The molecule has 0 saturated carbocycles. The summed E-state index contributed by atoms with van der Waals surface area (Å²) in [5.41, 5.74) is -0.370. The maximum atomic E-state index is 12.4. The monoisotopic (exact) mass is 377 g/mol. The second-order valence-electron chi connectivity index (χ2n) is 5.80. The number of imidazole rings is 1. The Morgan fingerprint density at radius 3 is 2.54 bits per heavy atom. The lowest BCUT2D eigenvalue weighted by atomic mass is 10.3. The van der Waals surface area contributed by atoms with Gasteiger partial charge >= 0.3 is 11.7 Å². The summed E-state index contributed by atoms with van der Waals surface area (Å²) in [6.45, 7) is 1.62. The number of esters is 1. The van der Waals surface area contributed by atoms with Crippen LogP contribution in [0.4, 0.5) is 0 Å². The first-order chi connectivity index (χ1) is 12.2. The van der Waals surface area contributed by atoms with Gasteiger partial charge < -0.3 is 9.30 Å². The largest absolute Gasteiger partial charge is 0.451 e. The summed E-state index contributed by atoms with van der Waals surface area (Å²) in [7, 11) is 4.54. The number of hydrogen-bond acceptors (Lipinski definition) is 6. The van der Waals surface area contributed by atoms with Crippen LogP contribution >= 0.6 is 11.6 Å². The minimum absolute atomic E-state index is 0.0333. The van der Waals surface area contributed by atoms with Gasteiger partial charge in [-0.2, -0.15) is 0 Å². The number of fused-ring (bicyclic) bond motifs is 1. The molecule has 0 aromatic carbocycles. The molecule has 0 aliphatic heterocycles. The molecule has 10 heteroatoms. The Morgan fingerprint density at radius 1 is 1.19 bits per heavy atom. The third-order valence-corrected chi connectivity index (χ3v) is 4.44. The average molecular weight is 378 g/mol. The van der Waals surface area contributed by atoms with Crippen molar-refractivity contribution in [3.8, 4) is 0 Å². The zero-order valence-corrected chi connectivity index (χ0v) is 15.3. The third kappa shape index (κ3) is 2.70. The van der Waals surface area contributed by atoms with Gasteiger partial charge in [-0.3, -0.25) is 13.9 Å². The fraction of sp³-hybridized carbons (Fsp3) is 0.312. The predicted molar refractivity (Wildman–Crippen MR) is 94.3 cm³/mol. The number of pyridine rings is 1.